The summed E-state index contributed by atoms with van der Waals surface area (Å²) < 4.78 is 37.7. The van der Waals surface area contributed by atoms with Gasteiger partial charge in [0.1, 0.15) is 6.07 Å². The van der Waals surface area contributed by atoms with E-state index < -0.39 is 23.2 Å². The van der Waals surface area contributed by atoms with Gasteiger partial charge in [0.2, 0.25) is 5.91 Å². The van der Waals surface area contributed by atoms with Crippen molar-refractivity contribution < 1.29 is 18.0 Å². The van der Waals surface area contributed by atoms with Gasteiger partial charge in [-0.15, -0.1) is 0 Å². The molecule has 1 amide bonds. The smallest absolute Gasteiger partial charge is 0.323 e. The minimum atomic E-state index is -4.54. The Hall–Kier alpha value is -2.07. The molecular weight excluding hydrogens is 283 g/mol. The van der Waals surface area contributed by atoms with E-state index in [9.17, 15) is 18.0 Å². The molecule has 0 unspecified atom stereocenters. The molecule has 0 aliphatic carbocycles. The molecule has 0 fully saturated rings. The Morgan fingerprint density at radius 1 is 1.33 bits per heavy atom. The maximum Gasteiger partial charge on any atom is 0.416 e. The molecule has 7 heteroatoms. The van der Waals surface area contributed by atoms with E-state index in [1.54, 1.807) is 19.9 Å². The van der Waals surface area contributed by atoms with Crippen LogP contribution in [0.4, 0.5) is 18.9 Å². The summed E-state index contributed by atoms with van der Waals surface area (Å²) in [5.41, 5.74) is 3.61. The number of benzene rings is 1. The van der Waals surface area contributed by atoms with Gasteiger partial charge < -0.3 is 11.1 Å². The van der Waals surface area contributed by atoms with Crippen molar-refractivity contribution in [2.45, 2.75) is 38.4 Å². The lowest BCUT2D eigenvalue weighted by Gasteiger charge is -2.25. The second-order valence-corrected chi connectivity index (χ2v) is 4.69. The molecule has 1 aromatic carbocycles. The molecular formula is C14H16F3N3O. The first-order chi connectivity index (χ1) is 9.67. The van der Waals surface area contributed by atoms with E-state index in [0.717, 1.165) is 12.1 Å². The Bertz CT molecular complexity index is 572. The van der Waals surface area contributed by atoms with Crippen molar-refractivity contribution in [2.24, 2.45) is 5.73 Å². The number of carbonyl (C=O) groups is 1. The zero-order chi connectivity index (χ0) is 16.3. The van der Waals surface area contributed by atoms with E-state index in [0.29, 0.717) is 18.9 Å². The lowest BCUT2D eigenvalue weighted by Crippen LogP contribution is -2.50. The Balaban J connectivity index is 3.11. The summed E-state index contributed by atoms with van der Waals surface area (Å²) >= 11 is 0. The van der Waals surface area contributed by atoms with Crippen LogP contribution in [-0.4, -0.2) is 11.4 Å². The number of halogens is 3. The number of alkyl halides is 3. The van der Waals surface area contributed by atoms with Crippen LogP contribution in [0.1, 0.15) is 37.8 Å². The van der Waals surface area contributed by atoms with Crippen molar-refractivity contribution in [3.05, 3.63) is 29.3 Å². The summed E-state index contributed by atoms with van der Waals surface area (Å²) in [6, 6.07) is 4.22. The summed E-state index contributed by atoms with van der Waals surface area (Å²) in [5.74, 6) is -0.524. The van der Waals surface area contributed by atoms with Crippen LogP contribution in [0.3, 0.4) is 0 Å². The quantitative estimate of drug-likeness (QED) is 0.897. The molecule has 21 heavy (non-hydrogen) atoms. The first-order valence-electron chi connectivity index (χ1n) is 6.39. The summed E-state index contributed by atoms with van der Waals surface area (Å²) in [4.78, 5) is 12.1. The molecule has 0 aromatic heterocycles. The highest BCUT2D eigenvalue weighted by Gasteiger charge is 2.33. The fourth-order valence-corrected chi connectivity index (χ4v) is 1.74. The van der Waals surface area contributed by atoms with Crippen LogP contribution in [-0.2, 0) is 11.0 Å². The summed E-state index contributed by atoms with van der Waals surface area (Å²) in [5, 5.41) is 11.4. The third kappa shape index (κ3) is 3.73. The highest BCUT2D eigenvalue weighted by Crippen LogP contribution is 2.31. The van der Waals surface area contributed by atoms with E-state index in [-0.39, 0.29) is 11.3 Å². The molecule has 0 saturated carbocycles. The Morgan fingerprint density at radius 3 is 2.33 bits per heavy atom. The van der Waals surface area contributed by atoms with Gasteiger partial charge in [-0.2, -0.15) is 18.4 Å². The molecule has 0 spiro atoms. The maximum absolute atomic E-state index is 12.6. The predicted octanol–water partition coefficient (Wildman–Crippen LogP) is 3.03. The number of nitrogens with one attached hydrogen (secondary N) is 1. The minimum Gasteiger partial charge on any atom is -0.323 e. The normalized spacial score (nSPS) is 11.9. The van der Waals surface area contributed by atoms with Crippen molar-refractivity contribution in [3.63, 3.8) is 0 Å². The number of nitrogens with two attached hydrogens (primary N) is 1. The molecule has 0 saturated heterocycles. The minimum absolute atomic E-state index is 0.0206. The molecule has 4 nitrogen and oxygen atoms in total. The molecule has 114 valence electrons. The van der Waals surface area contributed by atoms with Gasteiger partial charge in [0.25, 0.3) is 0 Å². The van der Waals surface area contributed by atoms with E-state index in [2.05, 4.69) is 5.32 Å². The average Bonchev–Trinajstić information content (AvgIpc) is 2.45. The number of hydrogen-bond donors (Lipinski definition) is 2. The lowest BCUT2D eigenvalue weighted by atomic mass is 9.93. The third-order valence-corrected chi connectivity index (χ3v) is 3.43. The van der Waals surface area contributed by atoms with Gasteiger partial charge >= 0.3 is 6.18 Å². The van der Waals surface area contributed by atoms with Crippen LogP contribution in [0.5, 0.6) is 0 Å². The second kappa shape index (κ2) is 6.14. The standard InChI is InChI=1S/C14H16F3N3O/c1-3-13(19,4-2)12(21)20-11-6-5-10(14(15,16)17)7-9(11)8-18/h5-7H,3-4,19H2,1-2H3,(H,20,21). The van der Waals surface area contributed by atoms with Crippen molar-refractivity contribution in [1.82, 2.24) is 0 Å². The fourth-order valence-electron chi connectivity index (χ4n) is 1.74. The number of nitriles is 1. The van der Waals surface area contributed by atoms with Gasteiger partial charge in [-0.05, 0) is 31.0 Å². The molecule has 1 aromatic rings. The molecule has 0 atom stereocenters. The van der Waals surface area contributed by atoms with E-state index in [1.807, 2.05) is 0 Å². The fraction of sp³-hybridized carbons (Fsp3) is 0.429. The first-order valence-corrected chi connectivity index (χ1v) is 6.39. The van der Waals surface area contributed by atoms with Crippen LogP contribution >= 0.6 is 0 Å². The van der Waals surface area contributed by atoms with Crippen molar-refractivity contribution >= 4 is 11.6 Å². The number of anilines is 1. The van der Waals surface area contributed by atoms with E-state index >= 15 is 0 Å². The Kier molecular flexibility index (Phi) is 4.97. The first kappa shape index (κ1) is 17.0. The van der Waals surface area contributed by atoms with Crippen LogP contribution in [0.2, 0.25) is 0 Å². The number of rotatable bonds is 4. The largest absolute Gasteiger partial charge is 0.416 e. The number of hydrogen-bond acceptors (Lipinski definition) is 3. The van der Waals surface area contributed by atoms with Crippen LogP contribution in [0.25, 0.3) is 0 Å². The Morgan fingerprint density at radius 2 is 1.90 bits per heavy atom. The maximum atomic E-state index is 12.6. The number of amides is 1. The average molecular weight is 299 g/mol. The topological polar surface area (TPSA) is 78.9 Å². The molecule has 0 aliphatic heterocycles. The molecule has 1 rings (SSSR count). The van der Waals surface area contributed by atoms with Crippen molar-refractivity contribution in [3.8, 4) is 6.07 Å². The summed E-state index contributed by atoms with van der Waals surface area (Å²) in [7, 11) is 0. The molecule has 0 heterocycles. The van der Waals surface area contributed by atoms with Gasteiger partial charge in [0, 0.05) is 0 Å². The lowest BCUT2D eigenvalue weighted by molar-refractivity contribution is -0.137. The highest BCUT2D eigenvalue weighted by atomic mass is 19.4. The van der Waals surface area contributed by atoms with E-state index in [1.165, 1.54) is 0 Å². The van der Waals surface area contributed by atoms with Crippen molar-refractivity contribution in [1.29, 1.82) is 5.26 Å². The summed E-state index contributed by atoms with van der Waals surface area (Å²) in [6.07, 6.45) is -3.80. The highest BCUT2D eigenvalue weighted by molar-refractivity contribution is 5.98. The van der Waals surface area contributed by atoms with Crippen LogP contribution < -0.4 is 11.1 Å². The van der Waals surface area contributed by atoms with Crippen molar-refractivity contribution in [2.75, 3.05) is 5.32 Å². The number of nitrogens with zero attached hydrogens (tertiary/aromatic N) is 1. The molecule has 0 radical (unpaired) electrons. The predicted molar refractivity (Wildman–Crippen MR) is 72.3 cm³/mol. The monoisotopic (exact) mass is 299 g/mol. The second-order valence-electron chi connectivity index (χ2n) is 4.69. The zero-order valence-corrected chi connectivity index (χ0v) is 11.7. The van der Waals surface area contributed by atoms with Gasteiger partial charge in [-0.3, -0.25) is 4.79 Å². The Labute approximate surface area is 120 Å². The van der Waals surface area contributed by atoms with Gasteiger partial charge in [0.15, 0.2) is 0 Å². The van der Waals surface area contributed by atoms with Crippen LogP contribution in [0, 0.1) is 11.3 Å². The van der Waals surface area contributed by atoms with E-state index in [4.69, 9.17) is 11.0 Å². The third-order valence-electron chi connectivity index (χ3n) is 3.43. The van der Waals surface area contributed by atoms with Gasteiger partial charge in [-0.1, -0.05) is 13.8 Å². The molecule has 0 bridgehead atoms. The van der Waals surface area contributed by atoms with Crippen LogP contribution in [0.15, 0.2) is 18.2 Å². The molecule has 3 N–H and O–H groups in total. The summed E-state index contributed by atoms with van der Waals surface area (Å²) in [6.45, 7) is 3.47. The van der Waals surface area contributed by atoms with Gasteiger partial charge in [-0.25, -0.2) is 0 Å². The molecule has 0 aliphatic rings. The number of carbonyl (C=O) groups excluding carboxylic acids is 1. The SMILES string of the molecule is CCC(N)(CC)C(=O)Nc1ccc(C(F)(F)F)cc1C#N. The van der Waals surface area contributed by atoms with Gasteiger partial charge in [0.05, 0.1) is 22.4 Å². The zero-order valence-electron chi connectivity index (χ0n) is 11.7.